The second-order valence-corrected chi connectivity index (χ2v) is 7.54. The largest absolute Gasteiger partial charge is 0.497 e. The van der Waals surface area contributed by atoms with Gasteiger partial charge < -0.3 is 14.8 Å². The van der Waals surface area contributed by atoms with Crippen molar-refractivity contribution in [2.75, 3.05) is 12.4 Å². The molecule has 0 radical (unpaired) electrons. The third kappa shape index (κ3) is 5.17. The highest BCUT2D eigenvalue weighted by Crippen LogP contribution is 2.25. The molecule has 8 heteroatoms. The summed E-state index contributed by atoms with van der Waals surface area (Å²) in [4.78, 5) is 17.0. The summed E-state index contributed by atoms with van der Waals surface area (Å²) < 4.78 is 26.2. The van der Waals surface area contributed by atoms with Crippen LogP contribution in [0.25, 0.3) is 17.1 Å². The van der Waals surface area contributed by atoms with Crippen LogP contribution < -0.4 is 14.8 Å². The first-order chi connectivity index (χ1) is 15.9. The minimum atomic E-state index is -0.370. The van der Waals surface area contributed by atoms with E-state index < -0.39 is 0 Å². The number of carbonyl (C=O) groups excluding carboxylic acids is 1. The molecule has 168 valence electrons. The molecule has 0 aliphatic heterocycles. The average Bonchev–Trinajstić information content (AvgIpc) is 3.22. The Morgan fingerprint density at radius 3 is 2.39 bits per heavy atom. The number of benzene rings is 3. The molecule has 0 bridgehead atoms. The quantitative estimate of drug-likeness (QED) is 0.426. The second kappa shape index (κ2) is 9.52. The third-order valence-corrected chi connectivity index (χ3v) is 4.73. The van der Waals surface area contributed by atoms with Crippen LogP contribution in [-0.4, -0.2) is 33.9 Å². The van der Waals surface area contributed by atoms with Crippen LogP contribution in [0.1, 0.15) is 24.2 Å². The van der Waals surface area contributed by atoms with Crippen molar-refractivity contribution in [2.24, 2.45) is 0 Å². The van der Waals surface area contributed by atoms with Crippen molar-refractivity contribution in [1.29, 1.82) is 0 Å². The van der Waals surface area contributed by atoms with Gasteiger partial charge in [-0.25, -0.2) is 9.07 Å². The van der Waals surface area contributed by atoms with Crippen LogP contribution in [0, 0.1) is 5.82 Å². The summed E-state index contributed by atoms with van der Waals surface area (Å²) in [5.74, 6) is 0.517. The van der Waals surface area contributed by atoms with E-state index in [4.69, 9.17) is 9.47 Å². The van der Waals surface area contributed by atoms with Gasteiger partial charge in [0.15, 0.2) is 5.82 Å². The lowest BCUT2D eigenvalue weighted by Crippen LogP contribution is -2.11. The van der Waals surface area contributed by atoms with Crippen molar-refractivity contribution in [3.63, 3.8) is 0 Å². The van der Waals surface area contributed by atoms with E-state index in [2.05, 4.69) is 15.4 Å². The molecule has 1 aromatic heterocycles. The van der Waals surface area contributed by atoms with Gasteiger partial charge in [-0.2, -0.15) is 4.98 Å². The fraction of sp³-hybridized carbons (Fsp3) is 0.160. The molecule has 0 atom stereocenters. The fourth-order valence-corrected chi connectivity index (χ4v) is 3.18. The van der Waals surface area contributed by atoms with Crippen LogP contribution >= 0.6 is 0 Å². The Balaban J connectivity index is 1.60. The number of rotatable bonds is 7. The summed E-state index contributed by atoms with van der Waals surface area (Å²) >= 11 is 0. The Morgan fingerprint density at radius 2 is 1.76 bits per heavy atom. The van der Waals surface area contributed by atoms with Crippen LogP contribution in [0.3, 0.4) is 0 Å². The monoisotopic (exact) mass is 446 g/mol. The molecule has 1 amide bonds. The van der Waals surface area contributed by atoms with Gasteiger partial charge in [0.25, 0.3) is 5.91 Å². The molecule has 0 aliphatic rings. The number of carbonyl (C=O) groups is 1. The highest BCUT2D eigenvalue weighted by atomic mass is 19.1. The topological polar surface area (TPSA) is 78.3 Å². The number of methoxy groups -OCH3 is 1. The summed E-state index contributed by atoms with van der Waals surface area (Å²) in [5.41, 5.74) is 2.38. The van der Waals surface area contributed by atoms with E-state index in [9.17, 15) is 9.18 Å². The van der Waals surface area contributed by atoms with Crippen molar-refractivity contribution < 1.29 is 18.7 Å². The van der Waals surface area contributed by atoms with E-state index in [0.29, 0.717) is 34.1 Å². The van der Waals surface area contributed by atoms with Crippen LogP contribution in [0.4, 0.5) is 10.1 Å². The molecular weight excluding hydrogens is 423 g/mol. The van der Waals surface area contributed by atoms with E-state index in [1.54, 1.807) is 72.5 Å². The number of hydrogen-bond donors (Lipinski definition) is 1. The lowest BCUT2D eigenvalue weighted by molar-refractivity contribution is 0.102. The van der Waals surface area contributed by atoms with Crippen molar-refractivity contribution >= 4 is 11.6 Å². The van der Waals surface area contributed by atoms with Gasteiger partial charge in [-0.05, 0) is 74.5 Å². The van der Waals surface area contributed by atoms with Gasteiger partial charge in [-0.1, -0.05) is 12.1 Å². The van der Waals surface area contributed by atoms with Gasteiger partial charge >= 0.3 is 6.01 Å². The zero-order valence-electron chi connectivity index (χ0n) is 18.4. The predicted octanol–water partition coefficient (Wildman–Crippen LogP) is 5.12. The Hall–Kier alpha value is -4.20. The zero-order chi connectivity index (χ0) is 23.4. The van der Waals surface area contributed by atoms with Crippen LogP contribution in [0.2, 0.25) is 0 Å². The molecule has 1 heterocycles. The first-order valence-electron chi connectivity index (χ1n) is 10.4. The van der Waals surface area contributed by atoms with E-state index in [1.807, 2.05) is 13.8 Å². The lowest BCUT2D eigenvalue weighted by atomic mass is 10.2. The molecule has 0 spiro atoms. The van der Waals surface area contributed by atoms with Crippen molar-refractivity contribution in [3.05, 3.63) is 84.2 Å². The summed E-state index contributed by atoms with van der Waals surface area (Å²) in [7, 11) is 1.57. The van der Waals surface area contributed by atoms with Crippen LogP contribution in [0.5, 0.6) is 11.8 Å². The van der Waals surface area contributed by atoms with E-state index in [1.165, 1.54) is 12.1 Å². The Bertz CT molecular complexity index is 1250. The van der Waals surface area contributed by atoms with Gasteiger partial charge in [0.2, 0.25) is 0 Å². The zero-order valence-corrected chi connectivity index (χ0v) is 18.4. The highest BCUT2D eigenvalue weighted by molar-refractivity contribution is 6.04. The Kier molecular flexibility index (Phi) is 6.35. The maximum atomic E-state index is 13.8. The summed E-state index contributed by atoms with van der Waals surface area (Å²) in [5, 5.41) is 7.30. The number of hydrogen-bond acceptors (Lipinski definition) is 5. The van der Waals surface area contributed by atoms with Crippen LogP contribution in [-0.2, 0) is 0 Å². The first kappa shape index (κ1) is 22.0. The Labute approximate surface area is 190 Å². The molecule has 0 saturated heterocycles. The fourth-order valence-electron chi connectivity index (χ4n) is 3.18. The number of amides is 1. The summed E-state index contributed by atoms with van der Waals surface area (Å²) in [6.07, 6.45) is -0.114. The lowest BCUT2D eigenvalue weighted by Gasteiger charge is -2.09. The molecule has 4 aromatic rings. The number of ether oxygens (including phenoxy) is 2. The summed E-state index contributed by atoms with van der Waals surface area (Å²) in [6, 6.07) is 20.3. The molecule has 0 saturated carbocycles. The minimum Gasteiger partial charge on any atom is -0.497 e. The van der Waals surface area contributed by atoms with Gasteiger partial charge in [0.1, 0.15) is 11.6 Å². The van der Waals surface area contributed by atoms with Gasteiger partial charge in [-0.3, -0.25) is 4.79 Å². The second-order valence-electron chi connectivity index (χ2n) is 7.54. The Morgan fingerprint density at radius 1 is 1.03 bits per heavy atom. The molecule has 1 N–H and O–H groups in total. The smallest absolute Gasteiger partial charge is 0.336 e. The minimum absolute atomic E-state index is 0.114. The van der Waals surface area contributed by atoms with Crippen molar-refractivity contribution in [3.8, 4) is 28.8 Å². The molecular formula is C25H23FN4O3. The van der Waals surface area contributed by atoms with Crippen molar-refractivity contribution in [1.82, 2.24) is 14.8 Å². The number of nitrogens with one attached hydrogen (secondary N) is 1. The van der Waals surface area contributed by atoms with Gasteiger partial charge in [0, 0.05) is 16.8 Å². The number of aromatic nitrogens is 3. The molecule has 4 rings (SSSR count). The third-order valence-electron chi connectivity index (χ3n) is 4.73. The maximum Gasteiger partial charge on any atom is 0.336 e. The van der Waals surface area contributed by atoms with Crippen molar-refractivity contribution in [2.45, 2.75) is 20.0 Å². The predicted molar refractivity (Wildman–Crippen MR) is 123 cm³/mol. The number of nitrogens with zero attached hydrogens (tertiary/aromatic N) is 3. The van der Waals surface area contributed by atoms with E-state index in [-0.39, 0.29) is 23.8 Å². The maximum absolute atomic E-state index is 13.8. The number of halogens is 1. The van der Waals surface area contributed by atoms with Gasteiger partial charge in [0.05, 0.1) is 18.9 Å². The molecule has 3 aromatic carbocycles. The van der Waals surface area contributed by atoms with E-state index in [0.717, 1.165) is 0 Å². The number of anilines is 1. The standard InChI is InChI=1S/C25H23FN4O3/c1-16(2)33-25-28-23(18-5-4-6-19(26)15-18)30(29-25)21-11-9-20(10-12-21)27-24(31)17-7-13-22(32-3)14-8-17/h4-16H,1-3H3,(H,27,31). The SMILES string of the molecule is COc1ccc(C(=O)Nc2ccc(-n3nc(OC(C)C)nc3-c3cccc(F)c3)cc2)cc1. The first-order valence-corrected chi connectivity index (χ1v) is 10.4. The average molecular weight is 446 g/mol. The van der Waals surface area contributed by atoms with E-state index >= 15 is 0 Å². The molecule has 0 fully saturated rings. The normalized spacial score (nSPS) is 10.8. The van der Waals surface area contributed by atoms with Gasteiger partial charge in [-0.15, -0.1) is 5.10 Å². The molecule has 7 nitrogen and oxygen atoms in total. The van der Waals surface area contributed by atoms with Crippen LogP contribution in [0.15, 0.2) is 72.8 Å². The molecule has 33 heavy (non-hydrogen) atoms. The molecule has 0 unspecified atom stereocenters. The summed E-state index contributed by atoms with van der Waals surface area (Å²) in [6.45, 7) is 3.76. The highest BCUT2D eigenvalue weighted by Gasteiger charge is 2.16. The molecule has 0 aliphatic carbocycles.